The fourth-order valence-electron chi connectivity index (χ4n) is 6.40. The number of rotatable bonds is 33. The van der Waals surface area contributed by atoms with Crippen molar-refractivity contribution in [2.24, 2.45) is 0 Å². The van der Waals surface area contributed by atoms with Crippen LogP contribution in [0.3, 0.4) is 0 Å². The van der Waals surface area contributed by atoms with E-state index in [4.69, 9.17) is 9.68 Å². The Morgan fingerprint density at radius 2 is 0.766 bits per heavy atom. The first-order valence-corrected chi connectivity index (χ1v) is 20.2. The number of hydrogen-bond acceptors (Lipinski definition) is 4. The summed E-state index contributed by atoms with van der Waals surface area (Å²) in [6.07, 6.45) is 32.5. The second-order valence-corrected chi connectivity index (χ2v) is 13.9. The Balaban J connectivity index is 1.71. The van der Waals surface area contributed by atoms with Gasteiger partial charge in [-0.15, -0.1) is 0 Å². The fraction of sp³-hybridized carbons (Fsp3) is 0.721. The summed E-state index contributed by atoms with van der Waals surface area (Å²) in [5.74, 6) is 0. The van der Waals surface area contributed by atoms with Crippen molar-refractivity contribution in [2.45, 2.75) is 181 Å². The van der Waals surface area contributed by atoms with Gasteiger partial charge in [0, 0.05) is 0 Å². The van der Waals surface area contributed by atoms with E-state index in [1.54, 1.807) is 0 Å². The number of para-hydroxylation sites is 2. The Morgan fingerprint density at radius 3 is 1.17 bits per heavy atom. The largest absolute Gasteiger partial charge is 0.273 e. The molecule has 0 bridgehead atoms. The van der Waals surface area contributed by atoms with Crippen LogP contribution >= 0.6 is 0 Å². The summed E-state index contributed by atoms with van der Waals surface area (Å²) in [5.41, 5.74) is 2.21. The van der Waals surface area contributed by atoms with E-state index in [0.29, 0.717) is 0 Å². The molecular formula is C43H74N2O2. The van der Waals surface area contributed by atoms with Crippen molar-refractivity contribution in [3.05, 3.63) is 60.7 Å². The SMILES string of the molecule is CCCCCCCCCCCCCCON(CC(C)N(OCCCCCCCCCCCCCC)c1ccccc1)c1ccccc1. The van der Waals surface area contributed by atoms with Crippen LogP contribution in [0.1, 0.15) is 175 Å². The Kier molecular flexibility index (Phi) is 26.3. The number of anilines is 2. The third kappa shape index (κ3) is 21.5. The average Bonchev–Trinajstić information content (AvgIpc) is 3.10. The van der Waals surface area contributed by atoms with Crippen molar-refractivity contribution in [3.63, 3.8) is 0 Å². The highest BCUT2D eigenvalue weighted by Crippen LogP contribution is 2.22. The Hall–Kier alpha value is -2.04. The predicted octanol–water partition coefficient (Wildman–Crippen LogP) is 13.7. The molecule has 4 heteroatoms. The van der Waals surface area contributed by atoms with Crippen molar-refractivity contribution in [3.8, 4) is 0 Å². The van der Waals surface area contributed by atoms with Gasteiger partial charge in [0.2, 0.25) is 0 Å². The average molecular weight is 651 g/mol. The number of unbranched alkanes of at least 4 members (excludes halogenated alkanes) is 22. The van der Waals surface area contributed by atoms with Crippen molar-refractivity contribution >= 4 is 11.4 Å². The molecule has 0 heterocycles. The lowest BCUT2D eigenvalue weighted by Gasteiger charge is -2.34. The van der Waals surface area contributed by atoms with Crippen molar-refractivity contribution in [1.29, 1.82) is 0 Å². The molecule has 0 saturated carbocycles. The lowest BCUT2D eigenvalue weighted by Crippen LogP contribution is -2.43. The maximum absolute atomic E-state index is 6.49. The van der Waals surface area contributed by atoms with Crippen LogP contribution in [-0.2, 0) is 9.68 Å². The smallest absolute Gasteiger partial charge is 0.0748 e. The molecule has 2 rings (SSSR count). The highest BCUT2D eigenvalue weighted by Gasteiger charge is 2.20. The van der Waals surface area contributed by atoms with E-state index in [9.17, 15) is 0 Å². The Bertz CT molecular complexity index is 909. The molecule has 2 aromatic rings. The van der Waals surface area contributed by atoms with Crippen LogP contribution in [0.5, 0.6) is 0 Å². The van der Waals surface area contributed by atoms with Gasteiger partial charge in [0.1, 0.15) is 0 Å². The third-order valence-corrected chi connectivity index (χ3v) is 9.36. The topological polar surface area (TPSA) is 24.9 Å². The zero-order valence-corrected chi connectivity index (χ0v) is 31.2. The zero-order chi connectivity index (χ0) is 33.5. The van der Waals surface area contributed by atoms with Crippen LogP contribution < -0.4 is 10.1 Å². The summed E-state index contributed by atoms with van der Waals surface area (Å²) in [5, 5.41) is 4.20. The van der Waals surface area contributed by atoms with Gasteiger partial charge >= 0.3 is 0 Å². The summed E-state index contributed by atoms with van der Waals surface area (Å²) < 4.78 is 0. The zero-order valence-electron chi connectivity index (χ0n) is 31.2. The minimum absolute atomic E-state index is 0.122. The van der Waals surface area contributed by atoms with E-state index < -0.39 is 0 Å². The van der Waals surface area contributed by atoms with Gasteiger partial charge in [-0.05, 0) is 44.0 Å². The van der Waals surface area contributed by atoms with Crippen LogP contribution in [0, 0.1) is 0 Å². The molecule has 1 atom stereocenters. The molecule has 0 amide bonds. The molecule has 2 aromatic carbocycles. The molecule has 0 spiro atoms. The van der Waals surface area contributed by atoms with Crippen molar-refractivity contribution in [1.82, 2.24) is 0 Å². The quantitative estimate of drug-likeness (QED) is 0.0567. The van der Waals surface area contributed by atoms with Gasteiger partial charge in [0.05, 0.1) is 37.2 Å². The van der Waals surface area contributed by atoms with Crippen LogP contribution in [0.15, 0.2) is 60.7 Å². The highest BCUT2D eigenvalue weighted by atomic mass is 16.7. The van der Waals surface area contributed by atoms with Gasteiger partial charge in [0.25, 0.3) is 0 Å². The molecule has 0 radical (unpaired) electrons. The first-order chi connectivity index (χ1) is 23.3. The fourth-order valence-corrected chi connectivity index (χ4v) is 6.40. The highest BCUT2D eigenvalue weighted by molar-refractivity contribution is 5.47. The molecule has 0 fully saturated rings. The summed E-state index contributed by atoms with van der Waals surface area (Å²) in [7, 11) is 0. The minimum Gasteiger partial charge on any atom is -0.273 e. The lowest BCUT2D eigenvalue weighted by atomic mass is 10.1. The van der Waals surface area contributed by atoms with Crippen LogP contribution in [0.2, 0.25) is 0 Å². The van der Waals surface area contributed by atoms with E-state index in [2.05, 4.69) is 91.6 Å². The van der Waals surface area contributed by atoms with Crippen molar-refractivity contribution < 1.29 is 9.68 Å². The first-order valence-electron chi connectivity index (χ1n) is 20.2. The summed E-state index contributed by atoms with van der Waals surface area (Å²) in [6.45, 7) is 9.07. The summed E-state index contributed by atoms with van der Waals surface area (Å²) >= 11 is 0. The van der Waals surface area contributed by atoms with Gasteiger partial charge < -0.3 is 0 Å². The monoisotopic (exact) mass is 651 g/mol. The molecule has 0 aliphatic heterocycles. The molecule has 1 unspecified atom stereocenters. The van der Waals surface area contributed by atoms with Gasteiger partial charge in [0.15, 0.2) is 0 Å². The number of hydrogen-bond donors (Lipinski definition) is 0. The number of nitrogens with zero attached hydrogens (tertiary/aromatic N) is 2. The number of benzene rings is 2. The maximum atomic E-state index is 6.49. The van der Waals surface area contributed by atoms with Gasteiger partial charge in [-0.25, -0.2) is 5.06 Å². The van der Waals surface area contributed by atoms with Gasteiger partial charge in [-0.2, -0.15) is 0 Å². The summed E-state index contributed by atoms with van der Waals surface area (Å²) in [4.78, 5) is 12.9. The van der Waals surface area contributed by atoms with Crippen LogP contribution in [-0.4, -0.2) is 25.8 Å². The minimum atomic E-state index is 0.122. The van der Waals surface area contributed by atoms with E-state index in [1.165, 1.54) is 141 Å². The van der Waals surface area contributed by atoms with Crippen LogP contribution in [0.25, 0.3) is 0 Å². The molecule has 0 aliphatic carbocycles. The number of hydroxylamine groups is 2. The van der Waals surface area contributed by atoms with E-state index in [-0.39, 0.29) is 6.04 Å². The standard InChI is InChI=1S/C43H74N2O2/c1-4-6-8-10-12-14-16-18-20-22-24-32-38-46-44(42-34-28-26-29-35-42)40-41(3)45(43-36-30-27-31-37-43)47-39-33-25-23-21-19-17-15-13-11-9-7-5-2/h26-31,34-37,41H,4-25,32-33,38-40H2,1-3H3. The van der Waals surface area contributed by atoms with E-state index in [0.717, 1.165) is 44.0 Å². The molecule has 0 aromatic heterocycles. The van der Waals surface area contributed by atoms with Crippen molar-refractivity contribution in [2.75, 3.05) is 29.9 Å². The maximum Gasteiger partial charge on any atom is 0.0748 e. The molecule has 4 nitrogen and oxygen atoms in total. The van der Waals surface area contributed by atoms with Crippen LogP contribution in [0.4, 0.5) is 11.4 Å². The Morgan fingerprint density at radius 1 is 0.426 bits per heavy atom. The normalized spacial score (nSPS) is 12.0. The van der Waals surface area contributed by atoms with E-state index >= 15 is 0 Å². The Labute approximate surface area is 291 Å². The van der Waals surface area contributed by atoms with Gasteiger partial charge in [-0.1, -0.05) is 192 Å². The molecule has 47 heavy (non-hydrogen) atoms. The second-order valence-electron chi connectivity index (χ2n) is 13.9. The summed E-state index contributed by atoms with van der Waals surface area (Å²) in [6, 6.07) is 21.3. The molecule has 0 N–H and O–H groups in total. The molecule has 0 aliphatic rings. The predicted molar refractivity (Wildman–Crippen MR) is 206 cm³/mol. The first kappa shape index (κ1) is 41.1. The van der Waals surface area contributed by atoms with E-state index in [1.807, 2.05) is 0 Å². The molecule has 268 valence electrons. The second kappa shape index (κ2) is 30.1. The molecular weight excluding hydrogens is 576 g/mol. The molecule has 0 saturated heterocycles. The lowest BCUT2D eigenvalue weighted by molar-refractivity contribution is 0.0644. The third-order valence-electron chi connectivity index (χ3n) is 9.36. The van der Waals surface area contributed by atoms with Gasteiger partial charge in [-0.3, -0.25) is 14.7 Å².